The summed E-state index contributed by atoms with van der Waals surface area (Å²) < 4.78 is 10.0. The highest BCUT2D eigenvalue weighted by atomic mass is 16.5. The van der Waals surface area contributed by atoms with Gasteiger partial charge in [0, 0.05) is 12.3 Å². The van der Waals surface area contributed by atoms with Gasteiger partial charge in [-0.05, 0) is 19.3 Å². The van der Waals surface area contributed by atoms with Gasteiger partial charge in [0.25, 0.3) is 0 Å². The molecule has 0 aliphatic heterocycles. The van der Waals surface area contributed by atoms with Gasteiger partial charge in [-0.25, -0.2) is 4.79 Å². The third kappa shape index (κ3) is 5.57. The maximum absolute atomic E-state index is 10.7. The van der Waals surface area contributed by atoms with Crippen LogP contribution in [0.1, 0.15) is 32.1 Å². The average Bonchev–Trinajstić information content (AvgIpc) is 2.57. The number of allylic oxidation sites excluding steroid dienone is 1. The van der Waals surface area contributed by atoms with Gasteiger partial charge in [-0.3, -0.25) is 0 Å². The number of rotatable bonds is 3. The lowest BCUT2D eigenvalue weighted by atomic mass is 10.2. The highest BCUT2D eigenvalue weighted by molar-refractivity contribution is 5.88. The third-order valence-electron chi connectivity index (χ3n) is 2.40. The number of hydrogen-bond donors (Lipinski definition) is 0. The molecule has 0 saturated carbocycles. The highest BCUT2D eigenvalue weighted by Crippen LogP contribution is 2.13. The Hall–Kier alpha value is -1.27. The fourth-order valence-electron chi connectivity index (χ4n) is 1.54. The summed E-state index contributed by atoms with van der Waals surface area (Å²) in [6, 6.07) is 0. The van der Waals surface area contributed by atoms with Gasteiger partial charge in [-0.15, -0.1) is 0 Å². The van der Waals surface area contributed by atoms with E-state index in [0.29, 0.717) is 13.0 Å². The van der Waals surface area contributed by atoms with Crippen molar-refractivity contribution in [1.82, 2.24) is 0 Å². The molecule has 0 saturated heterocycles. The van der Waals surface area contributed by atoms with E-state index in [2.05, 4.69) is 28.7 Å². The van der Waals surface area contributed by atoms with Gasteiger partial charge in [0.05, 0.1) is 19.8 Å². The summed E-state index contributed by atoms with van der Waals surface area (Å²) in [5, 5.41) is 0. The lowest BCUT2D eigenvalue weighted by Gasteiger charge is -2.10. The second kappa shape index (κ2) is 7.95. The molecular weight excluding hydrogens is 204 g/mol. The Morgan fingerprint density at radius 1 is 1.50 bits per heavy atom. The minimum atomic E-state index is -0.491. The second-order valence-electron chi connectivity index (χ2n) is 3.67. The van der Waals surface area contributed by atoms with Crippen molar-refractivity contribution in [3.63, 3.8) is 0 Å². The van der Waals surface area contributed by atoms with Gasteiger partial charge < -0.3 is 9.47 Å². The van der Waals surface area contributed by atoms with Gasteiger partial charge in [-0.2, -0.15) is 0 Å². The summed E-state index contributed by atoms with van der Waals surface area (Å²) in [7, 11) is 1.32. The molecule has 0 spiro atoms. The smallest absolute Gasteiger partial charge is 0.384 e. The van der Waals surface area contributed by atoms with Crippen LogP contribution in [0.2, 0.25) is 0 Å². The summed E-state index contributed by atoms with van der Waals surface area (Å²) >= 11 is 0. The molecule has 1 rings (SSSR count). The predicted molar refractivity (Wildman–Crippen MR) is 61.8 cm³/mol. The van der Waals surface area contributed by atoms with Crippen molar-refractivity contribution >= 4 is 5.97 Å². The number of carbonyl (C=O) groups excluding carboxylic acids is 1. The van der Waals surface area contributed by atoms with E-state index in [-0.39, 0.29) is 6.10 Å². The maximum Gasteiger partial charge on any atom is 0.384 e. The Bertz CT molecular complexity index is 296. The van der Waals surface area contributed by atoms with E-state index in [1.54, 1.807) is 0 Å². The molecule has 0 aromatic rings. The molecule has 88 valence electrons. The molecule has 1 aliphatic carbocycles. The number of ether oxygens (including phenoxy) is 2. The lowest BCUT2D eigenvalue weighted by Crippen LogP contribution is -2.09. The quantitative estimate of drug-likeness (QED) is 0.241. The van der Waals surface area contributed by atoms with Gasteiger partial charge in [0.1, 0.15) is 0 Å². The minimum Gasteiger partial charge on any atom is -0.459 e. The van der Waals surface area contributed by atoms with Crippen LogP contribution in [0.4, 0.5) is 0 Å². The van der Waals surface area contributed by atoms with E-state index in [1.807, 2.05) is 0 Å². The first-order chi connectivity index (χ1) is 7.83. The first-order valence-corrected chi connectivity index (χ1v) is 5.68. The summed E-state index contributed by atoms with van der Waals surface area (Å²) in [5.74, 6) is 4.60. The van der Waals surface area contributed by atoms with Crippen LogP contribution >= 0.6 is 0 Å². The van der Waals surface area contributed by atoms with Crippen LogP contribution in [0.5, 0.6) is 0 Å². The zero-order valence-electron chi connectivity index (χ0n) is 9.70. The molecule has 3 heteroatoms. The molecule has 0 heterocycles. The fraction of sp³-hybridized carbons (Fsp3) is 0.615. The van der Waals surface area contributed by atoms with Crippen molar-refractivity contribution in [2.24, 2.45) is 0 Å². The molecule has 3 nitrogen and oxygen atoms in total. The zero-order chi connectivity index (χ0) is 11.6. The lowest BCUT2D eigenvalue weighted by molar-refractivity contribution is -0.133. The third-order valence-corrected chi connectivity index (χ3v) is 2.40. The van der Waals surface area contributed by atoms with Gasteiger partial charge in [0.2, 0.25) is 0 Å². The standard InChI is InChI=1S/C13H18O3/c1-15-13(14)10-6-7-11-16-12-8-4-2-3-5-9-12/h4,8,12H,2-3,5,7,9,11H2,1H3. The van der Waals surface area contributed by atoms with Crippen LogP contribution in [0.3, 0.4) is 0 Å². The number of esters is 1. The maximum atomic E-state index is 10.7. The molecule has 1 unspecified atom stereocenters. The molecule has 0 bridgehead atoms. The van der Waals surface area contributed by atoms with Crippen molar-refractivity contribution in [3.05, 3.63) is 12.2 Å². The predicted octanol–water partition coefficient (Wildman–Crippen LogP) is 2.07. The van der Waals surface area contributed by atoms with Crippen molar-refractivity contribution in [2.75, 3.05) is 13.7 Å². The van der Waals surface area contributed by atoms with E-state index in [4.69, 9.17) is 4.74 Å². The van der Waals surface area contributed by atoms with Crippen LogP contribution in [-0.4, -0.2) is 25.8 Å². The number of hydrogen-bond acceptors (Lipinski definition) is 3. The van der Waals surface area contributed by atoms with Crippen molar-refractivity contribution in [1.29, 1.82) is 0 Å². The van der Waals surface area contributed by atoms with Crippen LogP contribution in [-0.2, 0) is 14.3 Å². The molecular formula is C13H18O3. The average molecular weight is 222 g/mol. The van der Waals surface area contributed by atoms with Crippen molar-refractivity contribution in [2.45, 2.75) is 38.2 Å². The van der Waals surface area contributed by atoms with Crippen LogP contribution in [0.25, 0.3) is 0 Å². The Balaban J connectivity index is 2.14. The Labute approximate surface area is 96.8 Å². The number of carbonyl (C=O) groups is 1. The Morgan fingerprint density at radius 2 is 2.38 bits per heavy atom. The highest BCUT2D eigenvalue weighted by Gasteiger charge is 2.06. The first-order valence-electron chi connectivity index (χ1n) is 5.68. The van der Waals surface area contributed by atoms with Crippen LogP contribution in [0, 0.1) is 11.8 Å². The van der Waals surface area contributed by atoms with Crippen LogP contribution in [0.15, 0.2) is 12.2 Å². The van der Waals surface area contributed by atoms with E-state index in [9.17, 15) is 4.79 Å². The summed E-state index contributed by atoms with van der Waals surface area (Å²) in [4.78, 5) is 10.7. The van der Waals surface area contributed by atoms with E-state index in [1.165, 1.54) is 20.0 Å². The second-order valence-corrected chi connectivity index (χ2v) is 3.67. The van der Waals surface area contributed by atoms with E-state index >= 15 is 0 Å². The largest absolute Gasteiger partial charge is 0.459 e. The SMILES string of the molecule is COC(=O)C#CCCOC1C=CCCCC1. The van der Waals surface area contributed by atoms with Gasteiger partial charge >= 0.3 is 5.97 Å². The molecule has 0 amide bonds. The molecule has 0 aromatic carbocycles. The normalized spacial score (nSPS) is 19.4. The molecule has 0 fully saturated rings. The molecule has 0 radical (unpaired) electrons. The summed E-state index contributed by atoms with van der Waals surface area (Å²) in [6.07, 6.45) is 9.80. The van der Waals surface area contributed by atoms with Crippen molar-refractivity contribution < 1.29 is 14.3 Å². The Kier molecular flexibility index (Phi) is 6.36. The molecule has 0 aromatic heterocycles. The molecule has 1 aliphatic rings. The fourth-order valence-corrected chi connectivity index (χ4v) is 1.54. The molecule has 16 heavy (non-hydrogen) atoms. The zero-order valence-corrected chi connectivity index (χ0v) is 9.70. The first kappa shape index (κ1) is 12.8. The van der Waals surface area contributed by atoms with Crippen LogP contribution < -0.4 is 0 Å². The Morgan fingerprint density at radius 3 is 3.19 bits per heavy atom. The summed E-state index contributed by atoms with van der Waals surface area (Å²) in [5.41, 5.74) is 0. The molecule has 0 N–H and O–H groups in total. The monoisotopic (exact) mass is 222 g/mol. The minimum absolute atomic E-state index is 0.224. The number of methoxy groups -OCH3 is 1. The topological polar surface area (TPSA) is 35.5 Å². The van der Waals surface area contributed by atoms with Gasteiger partial charge in [0.15, 0.2) is 0 Å². The van der Waals surface area contributed by atoms with E-state index < -0.39 is 5.97 Å². The van der Waals surface area contributed by atoms with Crippen molar-refractivity contribution in [3.8, 4) is 11.8 Å². The summed E-state index contributed by atoms with van der Waals surface area (Å²) in [6.45, 7) is 0.568. The molecule has 1 atom stereocenters. The van der Waals surface area contributed by atoms with Gasteiger partial charge in [-0.1, -0.05) is 24.5 Å². The van der Waals surface area contributed by atoms with E-state index in [0.717, 1.165) is 12.8 Å².